The maximum Gasteiger partial charge on any atom is 0.159 e. The molecule has 122 valence electrons. The third-order valence-electron chi connectivity index (χ3n) is 3.52. The predicted molar refractivity (Wildman–Crippen MR) is 98.1 cm³/mol. The zero-order chi connectivity index (χ0) is 16.9. The average molecular weight is 341 g/mol. The molecule has 0 saturated carbocycles. The van der Waals surface area contributed by atoms with Crippen molar-refractivity contribution in [2.45, 2.75) is 13.3 Å². The standard InChI is InChI=1S/C17H17ClN6/c1-2-11-5-7-12(8-6-11)23-16-14(19)17(22-10-21-16)24-13-4-3-9-20-15(13)18/h3-10H,2,19H2,1H3,(H2,21,22,23,24). The Hall–Kier alpha value is -2.86. The zero-order valence-electron chi connectivity index (χ0n) is 13.1. The van der Waals surface area contributed by atoms with Gasteiger partial charge in [-0.25, -0.2) is 15.0 Å². The summed E-state index contributed by atoms with van der Waals surface area (Å²) in [5, 5.41) is 6.62. The highest BCUT2D eigenvalue weighted by molar-refractivity contribution is 6.32. The average Bonchev–Trinajstić information content (AvgIpc) is 2.61. The van der Waals surface area contributed by atoms with Gasteiger partial charge in [-0.15, -0.1) is 0 Å². The van der Waals surface area contributed by atoms with E-state index in [2.05, 4.69) is 44.6 Å². The number of nitrogen functional groups attached to an aromatic ring is 1. The predicted octanol–water partition coefficient (Wildman–Crippen LogP) is 4.16. The van der Waals surface area contributed by atoms with E-state index >= 15 is 0 Å². The first-order valence-electron chi connectivity index (χ1n) is 7.51. The lowest BCUT2D eigenvalue weighted by atomic mass is 10.1. The van der Waals surface area contributed by atoms with Gasteiger partial charge in [-0.1, -0.05) is 30.7 Å². The molecule has 1 aromatic carbocycles. The van der Waals surface area contributed by atoms with E-state index in [4.69, 9.17) is 17.3 Å². The maximum absolute atomic E-state index is 6.17. The Kier molecular flexibility index (Phi) is 4.77. The van der Waals surface area contributed by atoms with E-state index in [-0.39, 0.29) is 0 Å². The highest BCUT2D eigenvalue weighted by Gasteiger charge is 2.10. The lowest BCUT2D eigenvalue weighted by Crippen LogP contribution is -2.05. The first-order valence-corrected chi connectivity index (χ1v) is 7.89. The van der Waals surface area contributed by atoms with E-state index in [9.17, 15) is 0 Å². The molecule has 0 spiro atoms. The van der Waals surface area contributed by atoms with Crippen LogP contribution in [0.4, 0.5) is 28.7 Å². The number of hydrogen-bond donors (Lipinski definition) is 3. The molecule has 0 atom stereocenters. The van der Waals surface area contributed by atoms with Gasteiger partial charge < -0.3 is 16.4 Å². The number of hydrogen-bond acceptors (Lipinski definition) is 6. The van der Waals surface area contributed by atoms with Gasteiger partial charge in [0.1, 0.15) is 12.0 Å². The molecule has 0 aliphatic heterocycles. The fraction of sp³-hybridized carbons (Fsp3) is 0.118. The molecule has 0 radical (unpaired) electrons. The molecule has 0 fully saturated rings. The molecule has 24 heavy (non-hydrogen) atoms. The van der Waals surface area contributed by atoms with Crippen LogP contribution in [0, 0.1) is 0 Å². The van der Waals surface area contributed by atoms with Gasteiger partial charge in [-0.05, 0) is 36.2 Å². The summed E-state index contributed by atoms with van der Waals surface area (Å²) in [6, 6.07) is 11.7. The van der Waals surface area contributed by atoms with Gasteiger partial charge in [0.15, 0.2) is 16.8 Å². The summed E-state index contributed by atoms with van der Waals surface area (Å²) in [4.78, 5) is 12.4. The number of benzene rings is 1. The van der Waals surface area contributed by atoms with Crippen molar-refractivity contribution in [3.63, 3.8) is 0 Å². The summed E-state index contributed by atoms with van der Waals surface area (Å²) >= 11 is 6.05. The van der Waals surface area contributed by atoms with E-state index < -0.39 is 0 Å². The Morgan fingerprint density at radius 2 is 1.71 bits per heavy atom. The Morgan fingerprint density at radius 3 is 2.38 bits per heavy atom. The van der Waals surface area contributed by atoms with Gasteiger partial charge in [0.05, 0.1) is 5.69 Å². The number of rotatable bonds is 5. The van der Waals surface area contributed by atoms with E-state index in [1.165, 1.54) is 11.9 Å². The molecule has 0 bridgehead atoms. The Balaban J connectivity index is 1.83. The first-order chi connectivity index (χ1) is 11.7. The zero-order valence-corrected chi connectivity index (χ0v) is 13.9. The number of aryl methyl sites for hydroxylation is 1. The highest BCUT2D eigenvalue weighted by atomic mass is 35.5. The minimum absolute atomic E-state index is 0.347. The molecule has 3 rings (SSSR count). The van der Waals surface area contributed by atoms with Crippen LogP contribution in [0.25, 0.3) is 0 Å². The third kappa shape index (κ3) is 3.55. The Morgan fingerprint density at radius 1 is 1.00 bits per heavy atom. The van der Waals surface area contributed by atoms with Crippen molar-refractivity contribution in [3.8, 4) is 0 Å². The van der Waals surface area contributed by atoms with Gasteiger partial charge >= 0.3 is 0 Å². The van der Waals surface area contributed by atoms with Crippen molar-refractivity contribution in [3.05, 3.63) is 59.6 Å². The molecule has 2 heterocycles. The van der Waals surface area contributed by atoms with E-state index in [0.717, 1.165) is 12.1 Å². The van der Waals surface area contributed by atoms with Crippen LogP contribution in [0.2, 0.25) is 5.15 Å². The largest absolute Gasteiger partial charge is 0.393 e. The molecule has 0 aliphatic carbocycles. The lowest BCUT2D eigenvalue weighted by molar-refractivity contribution is 1.14. The van der Waals surface area contributed by atoms with Crippen LogP contribution in [-0.4, -0.2) is 15.0 Å². The van der Waals surface area contributed by atoms with Gasteiger partial charge in [-0.2, -0.15) is 0 Å². The second-order valence-corrected chi connectivity index (χ2v) is 5.48. The number of anilines is 5. The fourth-order valence-electron chi connectivity index (χ4n) is 2.16. The van der Waals surface area contributed by atoms with Crippen LogP contribution in [-0.2, 0) is 6.42 Å². The van der Waals surface area contributed by atoms with Crippen molar-refractivity contribution in [2.75, 3.05) is 16.4 Å². The van der Waals surface area contributed by atoms with E-state index in [0.29, 0.717) is 28.2 Å². The molecule has 3 aromatic rings. The normalized spacial score (nSPS) is 10.4. The molecule has 0 saturated heterocycles. The second kappa shape index (κ2) is 7.14. The summed E-state index contributed by atoms with van der Waals surface area (Å²) in [5.74, 6) is 0.990. The highest BCUT2D eigenvalue weighted by Crippen LogP contribution is 2.30. The molecule has 0 aliphatic rings. The topological polar surface area (TPSA) is 88.8 Å². The number of pyridine rings is 1. The van der Waals surface area contributed by atoms with E-state index in [1.54, 1.807) is 18.3 Å². The molecular formula is C17H17ClN6. The first kappa shape index (κ1) is 16.0. The minimum Gasteiger partial charge on any atom is -0.393 e. The summed E-state index contributed by atoms with van der Waals surface area (Å²) in [5.41, 5.74) is 9.37. The number of nitrogens with zero attached hydrogens (tertiary/aromatic N) is 3. The molecular weight excluding hydrogens is 324 g/mol. The summed E-state index contributed by atoms with van der Waals surface area (Å²) in [7, 11) is 0. The van der Waals surface area contributed by atoms with Crippen LogP contribution in [0.1, 0.15) is 12.5 Å². The summed E-state index contributed by atoms with van der Waals surface area (Å²) < 4.78 is 0. The van der Waals surface area contributed by atoms with Gasteiger partial charge in [0.25, 0.3) is 0 Å². The molecule has 4 N–H and O–H groups in total. The van der Waals surface area contributed by atoms with Crippen molar-refractivity contribution in [2.24, 2.45) is 0 Å². The number of nitrogens with one attached hydrogen (secondary N) is 2. The smallest absolute Gasteiger partial charge is 0.159 e. The van der Waals surface area contributed by atoms with Crippen molar-refractivity contribution in [1.82, 2.24) is 15.0 Å². The van der Waals surface area contributed by atoms with E-state index in [1.807, 2.05) is 12.1 Å². The molecule has 6 nitrogen and oxygen atoms in total. The summed E-state index contributed by atoms with van der Waals surface area (Å²) in [6.45, 7) is 2.12. The molecule has 0 amide bonds. The van der Waals surface area contributed by atoms with Crippen LogP contribution in [0.3, 0.4) is 0 Å². The SMILES string of the molecule is CCc1ccc(Nc2ncnc(Nc3cccnc3Cl)c2N)cc1. The van der Waals surface area contributed by atoms with Crippen LogP contribution in [0.15, 0.2) is 48.9 Å². The molecule has 7 heteroatoms. The van der Waals surface area contributed by atoms with Gasteiger partial charge in [0, 0.05) is 11.9 Å². The maximum atomic E-state index is 6.17. The number of nitrogens with two attached hydrogens (primary N) is 1. The van der Waals surface area contributed by atoms with Crippen molar-refractivity contribution < 1.29 is 0 Å². The van der Waals surface area contributed by atoms with Crippen LogP contribution >= 0.6 is 11.6 Å². The van der Waals surface area contributed by atoms with Crippen molar-refractivity contribution in [1.29, 1.82) is 0 Å². The summed E-state index contributed by atoms with van der Waals surface area (Å²) in [6.07, 6.45) is 4.05. The lowest BCUT2D eigenvalue weighted by Gasteiger charge is -2.13. The molecule has 0 unspecified atom stereocenters. The fourth-order valence-corrected chi connectivity index (χ4v) is 2.33. The van der Waals surface area contributed by atoms with Gasteiger partial charge in [0.2, 0.25) is 0 Å². The minimum atomic E-state index is 0.347. The second-order valence-electron chi connectivity index (χ2n) is 5.13. The van der Waals surface area contributed by atoms with Crippen LogP contribution in [0.5, 0.6) is 0 Å². The number of aromatic nitrogens is 3. The molecule has 2 aromatic heterocycles. The Labute approximate surface area is 145 Å². The van der Waals surface area contributed by atoms with Crippen molar-refractivity contribution >= 4 is 40.3 Å². The Bertz CT molecular complexity index is 835. The number of halogens is 1. The monoisotopic (exact) mass is 340 g/mol. The van der Waals surface area contributed by atoms with Gasteiger partial charge in [-0.3, -0.25) is 0 Å². The third-order valence-corrected chi connectivity index (χ3v) is 3.82. The van der Waals surface area contributed by atoms with Crippen LogP contribution < -0.4 is 16.4 Å². The quantitative estimate of drug-likeness (QED) is 0.604.